The number of hydrogen-bond donors (Lipinski definition) is 0. The van der Waals surface area contributed by atoms with E-state index in [9.17, 15) is 0 Å². The summed E-state index contributed by atoms with van der Waals surface area (Å²) >= 11 is 7.15. The zero-order valence-corrected chi connectivity index (χ0v) is 15.0. The Morgan fingerprint density at radius 3 is 2.82 bits per heavy atom. The first-order chi connectivity index (χ1) is 10.7. The van der Waals surface area contributed by atoms with Crippen LogP contribution in [0.25, 0.3) is 15.9 Å². The summed E-state index contributed by atoms with van der Waals surface area (Å²) in [5.41, 5.74) is 4.28. The highest BCUT2D eigenvalue weighted by molar-refractivity contribution is 9.10. The number of thiazole rings is 1. The van der Waals surface area contributed by atoms with Gasteiger partial charge >= 0.3 is 0 Å². The molecule has 4 aromatic rings. The fourth-order valence-corrected chi connectivity index (χ4v) is 5.27. The van der Waals surface area contributed by atoms with Crippen LogP contribution in [0.2, 0.25) is 0 Å². The van der Waals surface area contributed by atoms with Crippen LogP contribution in [0.5, 0.6) is 0 Å². The van der Waals surface area contributed by atoms with Crippen molar-refractivity contribution in [2.75, 3.05) is 0 Å². The van der Waals surface area contributed by atoms with E-state index in [-0.39, 0.29) is 0 Å². The van der Waals surface area contributed by atoms with Gasteiger partial charge in [0.1, 0.15) is 10.3 Å². The van der Waals surface area contributed by atoms with Gasteiger partial charge in [0.25, 0.3) is 0 Å². The topological polar surface area (TPSA) is 30.2 Å². The van der Waals surface area contributed by atoms with Crippen molar-refractivity contribution in [2.24, 2.45) is 0 Å². The number of imidazole rings is 1. The first-order valence-electron chi connectivity index (χ1n) is 6.83. The van der Waals surface area contributed by atoms with Crippen LogP contribution in [-0.4, -0.2) is 14.4 Å². The lowest BCUT2D eigenvalue weighted by atomic mass is 10.3. The molecular formula is C16H12BrN3S2. The molecule has 0 radical (unpaired) electrons. The van der Waals surface area contributed by atoms with Gasteiger partial charge in [0, 0.05) is 11.4 Å². The minimum absolute atomic E-state index is 0.807. The number of aryl methyl sites for hydroxylation is 1. The van der Waals surface area contributed by atoms with Crippen molar-refractivity contribution in [2.45, 2.75) is 17.0 Å². The molecule has 0 spiro atoms. The Labute approximate surface area is 144 Å². The molecule has 0 amide bonds. The molecule has 0 unspecified atom stereocenters. The van der Waals surface area contributed by atoms with E-state index in [1.165, 1.54) is 10.4 Å². The number of nitrogens with zero attached hydrogens (tertiary/aromatic N) is 3. The van der Waals surface area contributed by atoms with Crippen LogP contribution < -0.4 is 0 Å². The van der Waals surface area contributed by atoms with Crippen molar-refractivity contribution in [3.8, 4) is 0 Å². The van der Waals surface area contributed by atoms with Gasteiger partial charge in [-0.25, -0.2) is 9.97 Å². The molecule has 4 rings (SSSR count). The van der Waals surface area contributed by atoms with Crippen molar-refractivity contribution in [3.05, 3.63) is 58.5 Å². The molecule has 0 atom stereocenters. The Bertz CT molecular complexity index is 941. The largest absolute Gasteiger partial charge is 0.291 e. The van der Waals surface area contributed by atoms with E-state index in [0.29, 0.717) is 0 Å². The Kier molecular flexibility index (Phi) is 3.68. The standard InChI is InChI=1S/C16H12BrN3S2/c1-10-5-4-8-14-18-12(15(17)20(10)14)9-21-16-19-11-6-2-3-7-13(11)22-16/h2-8H,9H2,1H3. The van der Waals surface area contributed by atoms with Gasteiger partial charge in [-0.3, -0.25) is 4.40 Å². The van der Waals surface area contributed by atoms with Crippen LogP contribution in [0.1, 0.15) is 11.4 Å². The molecule has 110 valence electrons. The third-order valence-electron chi connectivity index (χ3n) is 3.46. The number of fused-ring (bicyclic) bond motifs is 2. The summed E-state index contributed by atoms with van der Waals surface area (Å²) in [5.74, 6) is 0.807. The van der Waals surface area contributed by atoms with E-state index in [1.807, 2.05) is 18.2 Å². The number of rotatable bonds is 3. The van der Waals surface area contributed by atoms with Gasteiger partial charge in [-0.15, -0.1) is 11.3 Å². The zero-order valence-electron chi connectivity index (χ0n) is 11.8. The second-order valence-corrected chi connectivity index (χ2v) is 7.95. The minimum atomic E-state index is 0.807. The molecule has 1 aromatic carbocycles. The van der Waals surface area contributed by atoms with Gasteiger partial charge in [0.15, 0.2) is 4.34 Å². The molecule has 0 saturated heterocycles. The molecule has 0 aliphatic carbocycles. The normalized spacial score (nSPS) is 11.5. The van der Waals surface area contributed by atoms with Crippen molar-refractivity contribution < 1.29 is 0 Å². The quantitative estimate of drug-likeness (QED) is 0.444. The number of para-hydroxylation sites is 1. The first-order valence-corrected chi connectivity index (χ1v) is 9.43. The summed E-state index contributed by atoms with van der Waals surface area (Å²) in [4.78, 5) is 9.37. The second kappa shape index (κ2) is 5.68. The van der Waals surface area contributed by atoms with Gasteiger partial charge < -0.3 is 0 Å². The summed E-state index contributed by atoms with van der Waals surface area (Å²) in [5, 5.41) is 0. The Hall–Kier alpha value is -1.37. The molecule has 3 nitrogen and oxygen atoms in total. The summed E-state index contributed by atoms with van der Waals surface area (Å²) in [6.07, 6.45) is 0. The van der Waals surface area contributed by atoms with E-state index in [1.54, 1.807) is 23.1 Å². The van der Waals surface area contributed by atoms with Crippen molar-refractivity contribution in [1.29, 1.82) is 0 Å². The van der Waals surface area contributed by atoms with E-state index in [2.05, 4.69) is 56.5 Å². The van der Waals surface area contributed by atoms with E-state index >= 15 is 0 Å². The van der Waals surface area contributed by atoms with Crippen LogP contribution in [0.15, 0.2) is 51.4 Å². The first kappa shape index (κ1) is 14.2. The summed E-state index contributed by atoms with van der Waals surface area (Å²) in [6, 6.07) is 14.4. The Morgan fingerprint density at radius 2 is 2.00 bits per heavy atom. The maximum atomic E-state index is 4.71. The smallest absolute Gasteiger partial charge is 0.151 e. The zero-order chi connectivity index (χ0) is 15.1. The molecule has 0 N–H and O–H groups in total. The summed E-state index contributed by atoms with van der Waals surface area (Å²) < 4.78 is 5.49. The van der Waals surface area contributed by atoms with Gasteiger partial charge in [0.05, 0.1) is 15.9 Å². The monoisotopic (exact) mass is 389 g/mol. The predicted molar refractivity (Wildman–Crippen MR) is 96.8 cm³/mol. The lowest BCUT2D eigenvalue weighted by Crippen LogP contribution is -1.90. The molecule has 3 heterocycles. The van der Waals surface area contributed by atoms with Gasteiger partial charge in [-0.2, -0.15) is 0 Å². The predicted octanol–water partition coefficient (Wildman–Crippen LogP) is 5.31. The molecule has 22 heavy (non-hydrogen) atoms. The maximum absolute atomic E-state index is 4.71. The average molecular weight is 390 g/mol. The highest BCUT2D eigenvalue weighted by Crippen LogP contribution is 2.33. The van der Waals surface area contributed by atoms with Crippen LogP contribution >= 0.6 is 39.0 Å². The number of pyridine rings is 1. The maximum Gasteiger partial charge on any atom is 0.151 e. The van der Waals surface area contributed by atoms with E-state index in [4.69, 9.17) is 4.98 Å². The molecular weight excluding hydrogens is 378 g/mol. The third kappa shape index (κ3) is 2.45. The van der Waals surface area contributed by atoms with Crippen molar-refractivity contribution in [1.82, 2.24) is 14.4 Å². The average Bonchev–Trinajstić information content (AvgIpc) is 3.07. The fourth-order valence-electron chi connectivity index (χ4n) is 2.39. The lowest BCUT2D eigenvalue weighted by molar-refractivity contribution is 1.06. The molecule has 0 aliphatic heterocycles. The molecule has 0 aliphatic rings. The van der Waals surface area contributed by atoms with E-state index in [0.717, 1.165) is 31.6 Å². The van der Waals surface area contributed by atoms with Crippen LogP contribution in [0, 0.1) is 6.92 Å². The fraction of sp³-hybridized carbons (Fsp3) is 0.125. The molecule has 6 heteroatoms. The van der Waals surface area contributed by atoms with Crippen LogP contribution in [-0.2, 0) is 5.75 Å². The lowest BCUT2D eigenvalue weighted by Gasteiger charge is -2.00. The van der Waals surface area contributed by atoms with Crippen LogP contribution in [0.3, 0.4) is 0 Å². The number of halogens is 1. The summed E-state index contributed by atoms with van der Waals surface area (Å²) in [6.45, 7) is 2.09. The van der Waals surface area contributed by atoms with Crippen LogP contribution in [0.4, 0.5) is 0 Å². The Balaban J connectivity index is 1.63. The van der Waals surface area contributed by atoms with E-state index < -0.39 is 0 Å². The van der Waals surface area contributed by atoms with Crippen molar-refractivity contribution >= 4 is 54.9 Å². The summed E-state index contributed by atoms with van der Waals surface area (Å²) in [7, 11) is 0. The SMILES string of the molecule is Cc1cccc2nc(CSc3nc4ccccc4s3)c(Br)n12. The molecule has 0 saturated carbocycles. The van der Waals surface area contributed by atoms with Gasteiger partial charge in [-0.1, -0.05) is 30.0 Å². The number of benzene rings is 1. The van der Waals surface area contributed by atoms with Gasteiger partial charge in [0.2, 0.25) is 0 Å². The van der Waals surface area contributed by atoms with Gasteiger partial charge in [-0.05, 0) is 47.1 Å². The molecule has 0 fully saturated rings. The highest BCUT2D eigenvalue weighted by atomic mass is 79.9. The molecule has 0 bridgehead atoms. The van der Waals surface area contributed by atoms with Crippen molar-refractivity contribution in [3.63, 3.8) is 0 Å². The second-order valence-electron chi connectivity index (χ2n) is 4.95. The third-order valence-corrected chi connectivity index (χ3v) is 6.46. The number of thioether (sulfide) groups is 1. The number of aromatic nitrogens is 3. The Morgan fingerprint density at radius 1 is 1.14 bits per heavy atom. The number of hydrogen-bond acceptors (Lipinski definition) is 4. The minimum Gasteiger partial charge on any atom is -0.291 e. The highest BCUT2D eigenvalue weighted by Gasteiger charge is 2.12. The molecule has 3 aromatic heterocycles.